The number of benzene rings is 1. The monoisotopic (exact) mass is 535 g/mol. The number of halogens is 4. The van der Waals surface area contributed by atoms with Gasteiger partial charge in [0.05, 0.1) is 17.2 Å². The zero-order valence-corrected chi connectivity index (χ0v) is 20.7. The van der Waals surface area contributed by atoms with E-state index in [2.05, 4.69) is 15.3 Å². The molecule has 3 aromatic rings. The summed E-state index contributed by atoms with van der Waals surface area (Å²) >= 11 is 5.61. The number of pyridine rings is 2. The molecule has 1 saturated heterocycles. The zero-order valence-electron chi connectivity index (χ0n) is 19.9. The van der Waals surface area contributed by atoms with Gasteiger partial charge < -0.3 is 19.9 Å². The Morgan fingerprint density at radius 2 is 1.97 bits per heavy atom. The van der Waals surface area contributed by atoms with E-state index >= 15 is 0 Å². The highest BCUT2D eigenvalue weighted by Crippen LogP contribution is 2.36. The van der Waals surface area contributed by atoms with Crippen LogP contribution in [0, 0.1) is 6.92 Å². The molecule has 1 aliphatic heterocycles. The van der Waals surface area contributed by atoms with Crippen molar-refractivity contribution in [2.75, 3.05) is 31.7 Å². The van der Waals surface area contributed by atoms with Crippen molar-refractivity contribution in [2.45, 2.75) is 31.9 Å². The van der Waals surface area contributed by atoms with Gasteiger partial charge in [0.25, 0.3) is 5.91 Å². The first-order valence-electron chi connectivity index (χ1n) is 11.6. The quantitative estimate of drug-likeness (QED) is 0.406. The molecule has 0 unspecified atom stereocenters. The lowest BCUT2D eigenvalue weighted by Crippen LogP contribution is -2.16. The lowest BCUT2D eigenvalue weighted by atomic mass is 9.92. The summed E-state index contributed by atoms with van der Waals surface area (Å²) < 4.78 is 50.7. The molecule has 2 aromatic heterocycles. The number of nitrogens with one attached hydrogen (secondary N) is 1. The topological polar surface area (TPSA) is 93.6 Å². The van der Waals surface area contributed by atoms with Gasteiger partial charge in [0.2, 0.25) is 5.88 Å². The molecule has 1 amide bonds. The van der Waals surface area contributed by atoms with Crippen LogP contribution in [0.15, 0.2) is 42.6 Å². The van der Waals surface area contributed by atoms with E-state index in [-0.39, 0.29) is 19.1 Å². The summed E-state index contributed by atoms with van der Waals surface area (Å²) in [5, 5.41) is 11.2. The molecule has 7 nitrogen and oxygen atoms in total. The van der Waals surface area contributed by atoms with Crippen LogP contribution in [0.4, 0.5) is 18.9 Å². The fraction of sp³-hybridized carbons (Fsp3) is 0.346. The number of anilines is 1. The van der Waals surface area contributed by atoms with Crippen LogP contribution in [0.3, 0.4) is 0 Å². The second kappa shape index (κ2) is 11.5. The molecule has 11 heteroatoms. The molecule has 0 spiro atoms. The van der Waals surface area contributed by atoms with Gasteiger partial charge in [-0.3, -0.25) is 4.79 Å². The third-order valence-corrected chi connectivity index (χ3v) is 6.30. The van der Waals surface area contributed by atoms with E-state index in [4.69, 9.17) is 21.1 Å². The lowest BCUT2D eigenvalue weighted by Gasteiger charge is -2.23. The third kappa shape index (κ3) is 6.57. The van der Waals surface area contributed by atoms with Crippen LogP contribution in [0.5, 0.6) is 5.88 Å². The number of aliphatic hydroxyl groups is 1. The van der Waals surface area contributed by atoms with Crippen LogP contribution in [0.2, 0.25) is 5.02 Å². The van der Waals surface area contributed by atoms with Crippen molar-refractivity contribution in [3.05, 3.63) is 70.1 Å². The van der Waals surface area contributed by atoms with Gasteiger partial charge in [0.15, 0.2) is 0 Å². The molecule has 0 atom stereocenters. The van der Waals surface area contributed by atoms with Crippen molar-refractivity contribution in [1.82, 2.24) is 9.97 Å². The second-order valence-electron chi connectivity index (χ2n) is 8.61. The number of alkyl halides is 3. The number of ether oxygens (including phenoxy) is 2. The Morgan fingerprint density at radius 3 is 2.68 bits per heavy atom. The van der Waals surface area contributed by atoms with E-state index in [1.54, 1.807) is 24.3 Å². The molecule has 3 heterocycles. The largest absolute Gasteiger partial charge is 0.475 e. The smallest absolute Gasteiger partial charge is 0.417 e. The maximum atomic E-state index is 13.2. The summed E-state index contributed by atoms with van der Waals surface area (Å²) in [4.78, 5) is 21.1. The average molecular weight is 536 g/mol. The number of carbonyl (C=O) groups is 1. The van der Waals surface area contributed by atoms with E-state index in [9.17, 15) is 23.1 Å². The van der Waals surface area contributed by atoms with E-state index in [0.717, 1.165) is 41.4 Å². The number of hydrogen-bond acceptors (Lipinski definition) is 6. The number of aromatic nitrogens is 2. The van der Waals surface area contributed by atoms with Crippen molar-refractivity contribution in [3.63, 3.8) is 0 Å². The van der Waals surface area contributed by atoms with Gasteiger partial charge in [-0.05, 0) is 60.7 Å². The third-order valence-electron chi connectivity index (χ3n) is 6.00. The van der Waals surface area contributed by atoms with Crippen LogP contribution in [0.1, 0.15) is 46.1 Å². The number of nitrogens with zero attached hydrogens (tertiary/aromatic N) is 2. The molecule has 0 aliphatic carbocycles. The number of aryl methyl sites for hydroxylation is 1. The lowest BCUT2D eigenvalue weighted by molar-refractivity contribution is -0.137. The first kappa shape index (κ1) is 26.8. The summed E-state index contributed by atoms with van der Waals surface area (Å²) in [6.45, 7) is 3.11. The predicted octanol–water partition coefficient (Wildman–Crippen LogP) is 5.64. The number of amides is 1. The zero-order chi connectivity index (χ0) is 26.6. The van der Waals surface area contributed by atoms with Crippen LogP contribution >= 0.6 is 11.6 Å². The van der Waals surface area contributed by atoms with Crippen LogP contribution in [-0.4, -0.2) is 47.4 Å². The predicted molar refractivity (Wildman–Crippen MR) is 132 cm³/mol. The summed E-state index contributed by atoms with van der Waals surface area (Å²) in [6, 6.07) is 9.52. The number of rotatable bonds is 7. The van der Waals surface area contributed by atoms with Crippen molar-refractivity contribution >= 4 is 23.2 Å². The minimum atomic E-state index is -4.72. The molecule has 4 rings (SSSR count). The Morgan fingerprint density at radius 1 is 1.22 bits per heavy atom. The minimum Gasteiger partial charge on any atom is -0.475 e. The molecule has 0 radical (unpaired) electrons. The highest BCUT2D eigenvalue weighted by Gasteiger charge is 2.34. The fourth-order valence-electron chi connectivity index (χ4n) is 4.09. The molecule has 0 saturated carbocycles. The maximum absolute atomic E-state index is 13.2. The molecule has 1 aromatic carbocycles. The standard InChI is InChI=1S/C26H25ClF3N3O4/c1-15-2-3-18(32-25(35)23-13-20(26(28,29)30)21(27)14-31-23)12-19(15)17-10-22(16-4-7-36-8-5-16)33-24(11-17)37-9-6-34/h2-3,10-14,16,34H,4-9H2,1H3,(H,32,35). The van der Waals surface area contributed by atoms with Crippen molar-refractivity contribution in [3.8, 4) is 17.0 Å². The summed E-state index contributed by atoms with van der Waals surface area (Å²) in [5.41, 5.74) is 2.14. The van der Waals surface area contributed by atoms with Crippen molar-refractivity contribution < 1.29 is 32.5 Å². The van der Waals surface area contributed by atoms with Crippen LogP contribution < -0.4 is 10.1 Å². The fourth-order valence-corrected chi connectivity index (χ4v) is 4.30. The van der Waals surface area contributed by atoms with Crippen LogP contribution in [-0.2, 0) is 10.9 Å². The molecule has 37 heavy (non-hydrogen) atoms. The van der Waals surface area contributed by atoms with Gasteiger partial charge in [-0.15, -0.1) is 0 Å². The summed E-state index contributed by atoms with van der Waals surface area (Å²) in [6.07, 6.45) is -2.27. The van der Waals surface area contributed by atoms with Gasteiger partial charge in [0, 0.05) is 42.8 Å². The molecular formula is C26H25ClF3N3O4. The van der Waals surface area contributed by atoms with Gasteiger partial charge >= 0.3 is 6.18 Å². The average Bonchev–Trinajstić information content (AvgIpc) is 2.88. The molecule has 0 bridgehead atoms. The Hall–Kier alpha value is -3.21. The van der Waals surface area contributed by atoms with Gasteiger partial charge in [-0.2, -0.15) is 13.2 Å². The molecule has 1 aliphatic rings. The first-order valence-corrected chi connectivity index (χ1v) is 12.0. The highest BCUT2D eigenvalue weighted by molar-refractivity contribution is 6.31. The number of aliphatic hydroxyl groups excluding tert-OH is 1. The SMILES string of the molecule is Cc1ccc(NC(=O)c2cc(C(F)(F)F)c(Cl)cn2)cc1-c1cc(OCCO)nc(C2CCOCC2)c1. The van der Waals surface area contributed by atoms with E-state index in [1.807, 2.05) is 13.0 Å². The number of carbonyl (C=O) groups excluding carboxylic acids is 1. The minimum absolute atomic E-state index is 0.0900. The highest BCUT2D eigenvalue weighted by atomic mass is 35.5. The first-order chi connectivity index (χ1) is 17.7. The van der Waals surface area contributed by atoms with Crippen molar-refractivity contribution in [2.24, 2.45) is 0 Å². The number of hydrogen-bond donors (Lipinski definition) is 2. The normalized spacial score (nSPS) is 14.4. The summed E-state index contributed by atoms with van der Waals surface area (Å²) in [7, 11) is 0. The maximum Gasteiger partial charge on any atom is 0.417 e. The van der Waals surface area contributed by atoms with E-state index in [1.165, 1.54) is 0 Å². The second-order valence-corrected chi connectivity index (χ2v) is 9.02. The van der Waals surface area contributed by atoms with Crippen molar-refractivity contribution in [1.29, 1.82) is 0 Å². The Kier molecular flexibility index (Phi) is 8.31. The Labute approximate surface area is 216 Å². The van der Waals surface area contributed by atoms with Gasteiger partial charge in [-0.25, -0.2) is 9.97 Å². The Bertz CT molecular complexity index is 1280. The molecule has 2 N–H and O–H groups in total. The van der Waals surface area contributed by atoms with E-state index in [0.29, 0.717) is 30.8 Å². The molecule has 1 fully saturated rings. The van der Waals surface area contributed by atoms with E-state index < -0.39 is 28.4 Å². The molecular weight excluding hydrogens is 511 g/mol. The Balaban J connectivity index is 1.65. The van der Waals surface area contributed by atoms with Gasteiger partial charge in [-0.1, -0.05) is 17.7 Å². The summed E-state index contributed by atoms with van der Waals surface area (Å²) in [5.74, 6) is -0.249. The van der Waals surface area contributed by atoms with Gasteiger partial charge in [0.1, 0.15) is 12.3 Å². The van der Waals surface area contributed by atoms with Crippen LogP contribution in [0.25, 0.3) is 11.1 Å². The molecule has 196 valence electrons.